The van der Waals surface area contributed by atoms with Crippen LogP contribution in [0.4, 0.5) is 0 Å². The molecule has 1 amide bonds. The Morgan fingerprint density at radius 2 is 2.14 bits per heavy atom. The largest absolute Gasteiger partial charge is 0.487 e. The minimum atomic E-state index is -0.211. The van der Waals surface area contributed by atoms with Crippen LogP contribution in [0.5, 0.6) is 17.2 Å². The summed E-state index contributed by atoms with van der Waals surface area (Å²) in [6.45, 7) is 2.35. The minimum absolute atomic E-state index is 0.208. The number of amides is 1. The summed E-state index contributed by atoms with van der Waals surface area (Å²) >= 11 is 0. The Morgan fingerprint density at radius 3 is 2.96 bits per heavy atom. The van der Waals surface area contributed by atoms with Crippen LogP contribution in [0.1, 0.15) is 34.8 Å². The summed E-state index contributed by atoms with van der Waals surface area (Å²) in [5.41, 5.74) is 1.75. The third-order valence-electron chi connectivity index (χ3n) is 4.52. The van der Waals surface area contributed by atoms with E-state index in [4.69, 9.17) is 14.2 Å². The smallest absolute Gasteiger partial charge is 0.274 e. The van der Waals surface area contributed by atoms with Crippen molar-refractivity contribution >= 4 is 5.91 Å². The van der Waals surface area contributed by atoms with Gasteiger partial charge in [-0.2, -0.15) is 5.10 Å². The van der Waals surface area contributed by atoms with Crippen LogP contribution in [0.2, 0.25) is 0 Å². The van der Waals surface area contributed by atoms with E-state index in [0.29, 0.717) is 28.6 Å². The number of H-pyrrole nitrogens is 1. The Bertz CT molecular complexity index is 975. The van der Waals surface area contributed by atoms with Gasteiger partial charge in [0.15, 0.2) is 17.2 Å². The van der Waals surface area contributed by atoms with E-state index < -0.39 is 0 Å². The van der Waals surface area contributed by atoms with Crippen LogP contribution >= 0.6 is 0 Å². The monoisotopic (exact) mass is 381 g/mol. The normalized spacial score (nSPS) is 13.2. The lowest BCUT2D eigenvalue weighted by atomic mass is 10.2. The lowest BCUT2D eigenvalue weighted by Gasteiger charge is -2.23. The summed E-state index contributed by atoms with van der Waals surface area (Å²) in [5, 5.41) is 6.95. The maximum Gasteiger partial charge on any atom is 0.274 e. The fraction of sp³-hybridized carbons (Fsp3) is 0.263. The number of aromatic amines is 1. The van der Waals surface area contributed by atoms with E-state index in [1.165, 1.54) is 6.33 Å². The minimum Gasteiger partial charge on any atom is -0.487 e. The maximum absolute atomic E-state index is 12.7. The molecule has 9 nitrogen and oxygen atoms in total. The van der Waals surface area contributed by atoms with Crippen LogP contribution in [-0.2, 0) is 6.61 Å². The molecular formula is C19H19N5O4. The van der Waals surface area contributed by atoms with Gasteiger partial charge in [-0.1, -0.05) is 0 Å². The average molecular weight is 381 g/mol. The molecular weight excluding hydrogens is 362 g/mol. The number of benzene rings is 1. The van der Waals surface area contributed by atoms with Gasteiger partial charge in [-0.25, -0.2) is 9.97 Å². The molecule has 0 radical (unpaired) electrons. The topological polar surface area (TPSA) is 102 Å². The van der Waals surface area contributed by atoms with E-state index in [0.717, 1.165) is 5.69 Å². The molecule has 1 aliphatic rings. The summed E-state index contributed by atoms with van der Waals surface area (Å²) in [6.07, 6.45) is 3.11. The van der Waals surface area contributed by atoms with Gasteiger partial charge < -0.3 is 19.1 Å². The summed E-state index contributed by atoms with van der Waals surface area (Å²) in [7, 11) is 1.71. The molecule has 0 bridgehead atoms. The second kappa shape index (κ2) is 7.55. The van der Waals surface area contributed by atoms with E-state index in [2.05, 4.69) is 20.2 Å². The summed E-state index contributed by atoms with van der Waals surface area (Å²) < 4.78 is 16.3. The van der Waals surface area contributed by atoms with Crippen LogP contribution in [-0.4, -0.2) is 44.8 Å². The number of fused-ring (bicyclic) bond motifs is 1. The molecule has 0 fully saturated rings. The SMILES string of the molecule is CC(c1ccncn1)N(C)C(=O)c1cc(COc2ccc3c(c2)OCO3)[nH]n1. The lowest BCUT2D eigenvalue weighted by molar-refractivity contribution is 0.0733. The van der Waals surface area contributed by atoms with Crippen molar-refractivity contribution in [3.8, 4) is 17.2 Å². The van der Waals surface area contributed by atoms with Gasteiger partial charge in [0, 0.05) is 19.3 Å². The number of hydrogen-bond acceptors (Lipinski definition) is 7. The molecule has 1 atom stereocenters. The van der Waals surface area contributed by atoms with Gasteiger partial charge >= 0.3 is 0 Å². The molecule has 2 aromatic heterocycles. The van der Waals surface area contributed by atoms with Gasteiger partial charge in [0.25, 0.3) is 5.91 Å². The van der Waals surface area contributed by atoms with Crippen LogP contribution < -0.4 is 14.2 Å². The van der Waals surface area contributed by atoms with Gasteiger partial charge in [-0.05, 0) is 31.2 Å². The predicted octanol–water partition coefficient (Wildman–Crippen LogP) is 2.34. The highest BCUT2D eigenvalue weighted by Gasteiger charge is 2.22. The molecule has 3 heterocycles. The number of hydrogen-bond donors (Lipinski definition) is 1. The van der Waals surface area contributed by atoms with Crippen molar-refractivity contribution in [3.05, 3.63) is 59.9 Å². The van der Waals surface area contributed by atoms with Crippen molar-refractivity contribution in [2.75, 3.05) is 13.8 Å². The first-order chi connectivity index (χ1) is 13.6. The van der Waals surface area contributed by atoms with Crippen LogP contribution in [0, 0.1) is 0 Å². The van der Waals surface area contributed by atoms with E-state index >= 15 is 0 Å². The zero-order chi connectivity index (χ0) is 19.5. The van der Waals surface area contributed by atoms with E-state index in [1.54, 1.807) is 48.5 Å². The molecule has 0 aliphatic carbocycles. The van der Waals surface area contributed by atoms with Gasteiger partial charge in [-0.15, -0.1) is 0 Å². The van der Waals surface area contributed by atoms with Crippen LogP contribution in [0.3, 0.4) is 0 Å². The van der Waals surface area contributed by atoms with E-state index in [-0.39, 0.29) is 25.3 Å². The van der Waals surface area contributed by atoms with Crippen molar-refractivity contribution < 1.29 is 19.0 Å². The fourth-order valence-corrected chi connectivity index (χ4v) is 2.78. The van der Waals surface area contributed by atoms with Gasteiger partial charge in [0.05, 0.1) is 17.4 Å². The van der Waals surface area contributed by atoms with E-state index in [9.17, 15) is 4.79 Å². The highest BCUT2D eigenvalue weighted by molar-refractivity contribution is 5.92. The summed E-state index contributed by atoms with van der Waals surface area (Å²) in [6, 6.07) is 8.61. The number of ether oxygens (including phenoxy) is 3. The lowest BCUT2D eigenvalue weighted by Crippen LogP contribution is -2.30. The molecule has 1 N–H and O–H groups in total. The fourth-order valence-electron chi connectivity index (χ4n) is 2.78. The zero-order valence-electron chi connectivity index (χ0n) is 15.5. The van der Waals surface area contributed by atoms with Gasteiger partial charge in [0.2, 0.25) is 6.79 Å². The molecule has 28 heavy (non-hydrogen) atoms. The average Bonchev–Trinajstić information content (AvgIpc) is 3.40. The molecule has 1 unspecified atom stereocenters. The number of carbonyl (C=O) groups excluding carboxylic acids is 1. The molecule has 4 rings (SSSR count). The first kappa shape index (κ1) is 17.8. The Labute approximate surface area is 161 Å². The highest BCUT2D eigenvalue weighted by Crippen LogP contribution is 2.35. The number of carbonyl (C=O) groups is 1. The first-order valence-corrected chi connectivity index (χ1v) is 8.71. The van der Waals surface area contributed by atoms with Crippen LogP contribution in [0.15, 0.2) is 42.9 Å². The second-order valence-corrected chi connectivity index (χ2v) is 6.31. The molecule has 3 aromatic rings. The molecule has 0 saturated heterocycles. The molecule has 9 heteroatoms. The zero-order valence-corrected chi connectivity index (χ0v) is 15.5. The van der Waals surface area contributed by atoms with Crippen molar-refractivity contribution in [2.24, 2.45) is 0 Å². The second-order valence-electron chi connectivity index (χ2n) is 6.31. The maximum atomic E-state index is 12.7. The Morgan fingerprint density at radius 1 is 1.29 bits per heavy atom. The highest BCUT2D eigenvalue weighted by atomic mass is 16.7. The number of nitrogens with zero attached hydrogens (tertiary/aromatic N) is 4. The van der Waals surface area contributed by atoms with Gasteiger partial charge in [-0.3, -0.25) is 9.89 Å². The van der Waals surface area contributed by atoms with Crippen molar-refractivity contribution in [1.29, 1.82) is 0 Å². The van der Waals surface area contributed by atoms with E-state index in [1.807, 2.05) is 6.92 Å². The Kier molecular flexibility index (Phi) is 4.79. The molecule has 144 valence electrons. The Balaban J connectivity index is 1.39. The molecule has 1 aliphatic heterocycles. The molecule has 0 spiro atoms. The summed E-state index contributed by atoms with van der Waals surface area (Å²) in [4.78, 5) is 22.4. The van der Waals surface area contributed by atoms with Crippen molar-refractivity contribution in [1.82, 2.24) is 25.1 Å². The standard InChI is InChI=1S/C19H19N5O4/c1-12(15-5-6-20-10-21-15)24(2)19(25)16-7-13(22-23-16)9-26-14-3-4-17-18(8-14)28-11-27-17/h3-8,10,12H,9,11H2,1-2H3,(H,22,23). The molecule has 0 saturated carbocycles. The number of aromatic nitrogens is 4. The van der Waals surface area contributed by atoms with Crippen molar-refractivity contribution in [2.45, 2.75) is 19.6 Å². The van der Waals surface area contributed by atoms with Crippen LogP contribution in [0.25, 0.3) is 0 Å². The first-order valence-electron chi connectivity index (χ1n) is 8.71. The third-order valence-corrected chi connectivity index (χ3v) is 4.52. The number of rotatable bonds is 6. The molecule has 1 aromatic carbocycles. The quantitative estimate of drug-likeness (QED) is 0.699. The third kappa shape index (κ3) is 3.59. The number of nitrogens with one attached hydrogen (secondary N) is 1. The summed E-state index contributed by atoms with van der Waals surface area (Å²) in [5.74, 6) is 1.78. The predicted molar refractivity (Wildman–Crippen MR) is 98.0 cm³/mol. The van der Waals surface area contributed by atoms with Gasteiger partial charge in [0.1, 0.15) is 18.7 Å². The Hall–Kier alpha value is -3.62. The van der Waals surface area contributed by atoms with Crippen molar-refractivity contribution in [3.63, 3.8) is 0 Å².